The average molecular weight is 912 g/mol. The summed E-state index contributed by atoms with van der Waals surface area (Å²) in [6.07, 6.45) is -6.23. The van der Waals surface area contributed by atoms with E-state index < -0.39 is 31.4 Å². The molecule has 0 spiro atoms. The van der Waals surface area contributed by atoms with Gasteiger partial charge in [0.15, 0.2) is 0 Å². The Morgan fingerprint density at radius 1 is 0.627 bits per heavy atom. The molecule has 0 aliphatic heterocycles. The van der Waals surface area contributed by atoms with Gasteiger partial charge in [-0.2, -0.15) is 26.3 Å². The Labute approximate surface area is 315 Å². The van der Waals surface area contributed by atoms with E-state index in [1.165, 1.54) is 46.1 Å². The summed E-state index contributed by atoms with van der Waals surface area (Å²) in [5.74, 6) is 1.44. The smallest absolute Gasteiger partial charge is 1.00 e. The molecule has 0 fully saturated rings. The van der Waals surface area contributed by atoms with Crippen molar-refractivity contribution in [3.63, 3.8) is 0 Å². The van der Waals surface area contributed by atoms with Crippen LogP contribution in [-0.4, -0.2) is 11.1 Å². The Hall–Kier alpha value is -3.93. The van der Waals surface area contributed by atoms with Crippen molar-refractivity contribution in [2.24, 2.45) is 0 Å². The second-order valence-electron chi connectivity index (χ2n) is 11.3. The van der Waals surface area contributed by atoms with Crippen LogP contribution in [0.1, 0.15) is 34.2 Å². The first-order chi connectivity index (χ1) is 23.5. The largest absolute Gasteiger partial charge is 3.00 e. The Morgan fingerprint density at radius 2 is 1.10 bits per heavy atom. The molecule has 6 aromatic rings. The summed E-state index contributed by atoms with van der Waals surface area (Å²) in [7, 11) is -0.830. The average Bonchev–Trinajstić information content (AvgIpc) is 3.11. The van der Waals surface area contributed by atoms with Gasteiger partial charge in [-0.25, -0.2) is 0 Å². The zero-order valence-corrected chi connectivity index (χ0v) is 31.4. The van der Waals surface area contributed by atoms with E-state index in [1.54, 1.807) is 13.0 Å². The number of hydrogen-bond acceptors (Lipinski definition) is 1. The van der Waals surface area contributed by atoms with E-state index in [1.807, 2.05) is 6.07 Å². The predicted molar refractivity (Wildman–Crippen MR) is 188 cm³/mol. The van der Waals surface area contributed by atoms with E-state index in [-0.39, 0.29) is 49.8 Å². The molecule has 1 nitrogen and oxygen atoms in total. The maximum atomic E-state index is 12.7. The number of hydrogen-bond donors (Lipinski definition) is 0. The van der Waals surface area contributed by atoms with Gasteiger partial charge < -0.3 is 17.4 Å². The molecule has 0 radical (unpaired) electrons. The molecule has 0 aliphatic rings. The molecule has 1 heterocycles. The summed E-state index contributed by atoms with van der Waals surface area (Å²) in [5.41, 5.74) is 0.127. The SMILES string of the molecule is Cc1ccnc(-c2[c-]c(C(F)(F)F)cc(C(F)(F)F)c2)c1.[Cl-].[Ir+3].c1ccc([C-](CC[PH+](c2ccccc2)c2ccccc2)c2ccccc2)cc1. The van der Waals surface area contributed by atoms with Crippen molar-refractivity contribution in [2.45, 2.75) is 25.7 Å². The third-order valence-corrected chi connectivity index (χ3v) is 10.6. The van der Waals surface area contributed by atoms with Gasteiger partial charge >= 0.3 is 32.5 Å². The van der Waals surface area contributed by atoms with Crippen molar-refractivity contribution in [1.29, 1.82) is 0 Å². The predicted octanol–water partition coefficient (Wildman–Crippen LogP) is 7.81. The number of halogens is 7. The van der Waals surface area contributed by atoms with E-state index >= 15 is 0 Å². The Balaban J connectivity index is 0.000000276. The Kier molecular flexibility index (Phi) is 15.5. The molecular formula is C41H33ClF6IrNP+. The van der Waals surface area contributed by atoms with Crippen molar-refractivity contribution in [3.8, 4) is 11.3 Å². The third-order valence-electron chi connectivity index (χ3n) is 7.81. The number of nitrogens with zero attached hydrogens (tertiary/aromatic N) is 1. The van der Waals surface area contributed by atoms with E-state index in [4.69, 9.17) is 0 Å². The van der Waals surface area contributed by atoms with Gasteiger partial charge in [0.05, 0.1) is 24.7 Å². The molecule has 0 bridgehead atoms. The minimum atomic E-state index is -4.92. The number of aryl methyl sites for hydroxylation is 1. The number of alkyl halides is 6. The van der Waals surface area contributed by atoms with Crippen molar-refractivity contribution < 1.29 is 58.9 Å². The van der Waals surface area contributed by atoms with Crippen LogP contribution in [0.3, 0.4) is 0 Å². The molecule has 1 aromatic heterocycles. The molecule has 0 amide bonds. The van der Waals surface area contributed by atoms with Crippen LogP contribution in [-0.2, 0) is 32.5 Å². The molecule has 5 aromatic carbocycles. The van der Waals surface area contributed by atoms with Crippen molar-refractivity contribution >= 4 is 18.5 Å². The summed E-state index contributed by atoms with van der Waals surface area (Å²) >= 11 is 0. The molecule has 264 valence electrons. The quantitative estimate of drug-likeness (QED) is 0.0864. The number of benzene rings is 5. The summed E-state index contributed by atoms with van der Waals surface area (Å²) in [6, 6.07) is 49.3. The summed E-state index contributed by atoms with van der Waals surface area (Å²) in [4.78, 5) is 3.79. The maximum Gasteiger partial charge on any atom is 3.00 e. The zero-order valence-electron chi connectivity index (χ0n) is 27.3. The Morgan fingerprint density at radius 3 is 1.53 bits per heavy atom. The van der Waals surface area contributed by atoms with Gasteiger partial charge in [-0.1, -0.05) is 84.4 Å². The van der Waals surface area contributed by atoms with Gasteiger partial charge in [-0.3, -0.25) is 0 Å². The van der Waals surface area contributed by atoms with E-state index in [2.05, 4.69) is 126 Å². The van der Waals surface area contributed by atoms with Crippen LogP contribution in [0.5, 0.6) is 0 Å². The summed E-state index contributed by atoms with van der Waals surface area (Å²) in [5, 5.41) is 2.97. The summed E-state index contributed by atoms with van der Waals surface area (Å²) < 4.78 is 76.3. The van der Waals surface area contributed by atoms with E-state index in [9.17, 15) is 26.3 Å². The fraction of sp³-hybridized carbons (Fsp3) is 0.122. The monoisotopic (exact) mass is 912 g/mol. The zero-order chi connectivity index (χ0) is 34.9. The van der Waals surface area contributed by atoms with Gasteiger partial charge in [0.25, 0.3) is 0 Å². The second kappa shape index (κ2) is 19.1. The van der Waals surface area contributed by atoms with Gasteiger partial charge in [0.2, 0.25) is 0 Å². The van der Waals surface area contributed by atoms with Gasteiger partial charge in [0.1, 0.15) is 0 Å². The molecule has 0 atom stereocenters. The maximum absolute atomic E-state index is 12.7. The minimum absolute atomic E-state index is 0. The number of aromatic nitrogens is 1. The first kappa shape index (κ1) is 41.5. The fourth-order valence-electron chi connectivity index (χ4n) is 5.43. The van der Waals surface area contributed by atoms with Gasteiger partial charge in [-0.15, -0.1) is 65.1 Å². The van der Waals surface area contributed by atoms with Crippen molar-refractivity contribution in [2.75, 3.05) is 6.16 Å². The minimum Gasteiger partial charge on any atom is -1.00 e. The normalized spacial score (nSPS) is 11.1. The van der Waals surface area contributed by atoms with Crippen LogP contribution in [0.15, 0.2) is 152 Å². The van der Waals surface area contributed by atoms with Crippen molar-refractivity contribution in [3.05, 3.63) is 192 Å². The third kappa shape index (κ3) is 11.8. The first-order valence-corrected chi connectivity index (χ1v) is 17.3. The molecule has 51 heavy (non-hydrogen) atoms. The van der Waals surface area contributed by atoms with Crippen molar-refractivity contribution in [1.82, 2.24) is 4.98 Å². The first-order valence-electron chi connectivity index (χ1n) is 15.6. The summed E-state index contributed by atoms with van der Waals surface area (Å²) in [6.45, 7) is 1.66. The van der Waals surface area contributed by atoms with Crippen LogP contribution < -0.4 is 23.0 Å². The van der Waals surface area contributed by atoms with Gasteiger partial charge in [-0.05, 0) is 60.5 Å². The molecule has 0 saturated heterocycles. The van der Waals surface area contributed by atoms with Crippen LogP contribution >= 0.6 is 7.92 Å². The topological polar surface area (TPSA) is 12.9 Å². The molecular weight excluding hydrogens is 879 g/mol. The molecule has 10 heteroatoms. The standard InChI is InChI=1S/C27H24P.C14H8F6N.ClH.Ir/c1-5-13-23(14-6-1)27(24-15-7-2-8-16-24)21-22-28(25-17-9-3-10-18-25)26-19-11-4-12-20-26;1-8-2-3-21-12(4-8)9-5-10(13(15,16)17)7-11(6-9)14(18,19)20;;/h1-20H,21-22H2;2-5,7H,1H3;1H;/q2*-1;;+3. The fourth-order valence-corrected chi connectivity index (χ4v) is 8.03. The molecule has 0 aliphatic carbocycles. The van der Waals surface area contributed by atoms with E-state index in [0.717, 1.165) is 6.42 Å². The molecule has 0 unspecified atom stereocenters. The van der Waals surface area contributed by atoms with E-state index in [0.29, 0.717) is 11.6 Å². The van der Waals surface area contributed by atoms with Gasteiger partial charge in [0, 0.05) is 6.20 Å². The van der Waals surface area contributed by atoms with Crippen LogP contribution in [0.4, 0.5) is 26.3 Å². The molecule has 0 N–H and O–H groups in total. The number of rotatable bonds is 8. The molecule has 6 rings (SSSR count). The van der Waals surface area contributed by atoms with Crippen LogP contribution in [0, 0.1) is 18.9 Å². The second-order valence-corrected chi connectivity index (χ2v) is 13.9. The number of pyridine rings is 1. The van der Waals surface area contributed by atoms with Crippen LogP contribution in [0.2, 0.25) is 0 Å². The Bertz CT molecular complexity index is 1710. The molecule has 0 saturated carbocycles. The van der Waals surface area contributed by atoms with Crippen LogP contribution in [0.25, 0.3) is 11.3 Å².